The number of fused-ring (bicyclic) bond motifs is 1. The maximum absolute atomic E-state index is 5.85. The molecule has 0 spiro atoms. The van der Waals surface area contributed by atoms with Gasteiger partial charge in [0.25, 0.3) is 0 Å². The molecule has 1 aromatic heterocycles. The normalized spacial score (nSPS) is 12.2. The number of benzene rings is 1. The number of hydrogen-bond donors (Lipinski definition) is 2. The first-order valence-corrected chi connectivity index (χ1v) is 4.75. The Kier molecular flexibility index (Phi) is 1.87. The van der Waals surface area contributed by atoms with Crippen LogP contribution in [-0.2, 0) is 0 Å². The predicted octanol–water partition coefficient (Wildman–Crippen LogP) is 0.529. The average molecular weight is 206 g/mol. The number of aromatic nitrogens is 2. The summed E-state index contributed by atoms with van der Waals surface area (Å²) in [6.45, 7) is 0. The summed E-state index contributed by atoms with van der Waals surface area (Å²) in [5.74, 6) is 0.519. The van der Waals surface area contributed by atoms with Crippen molar-refractivity contribution >= 4 is 22.4 Å². The van der Waals surface area contributed by atoms with E-state index in [9.17, 15) is 0 Å². The summed E-state index contributed by atoms with van der Waals surface area (Å²) in [6, 6.07) is 5.65. The van der Waals surface area contributed by atoms with Crippen molar-refractivity contribution in [2.24, 2.45) is 0 Å². The summed E-state index contributed by atoms with van der Waals surface area (Å²) >= 11 is 0. The van der Waals surface area contributed by atoms with Crippen molar-refractivity contribution in [2.45, 2.75) is 0 Å². The largest absolute Gasteiger partial charge is 0.399 e. The zero-order valence-electron chi connectivity index (χ0n) is 9.23. The second-order valence-corrected chi connectivity index (χ2v) is 4.49. The summed E-state index contributed by atoms with van der Waals surface area (Å²) in [5, 5.41) is 5.22. The third-order valence-electron chi connectivity index (χ3n) is 2.28. The van der Waals surface area contributed by atoms with Gasteiger partial charge in [-0.05, 0) is 18.2 Å². The quantitative estimate of drug-likeness (QED) is 0.528. The fourth-order valence-corrected chi connectivity index (χ4v) is 1.60. The van der Waals surface area contributed by atoms with E-state index >= 15 is 0 Å². The molecule has 0 atom stereocenters. The van der Waals surface area contributed by atoms with Crippen LogP contribution in [0.4, 0.5) is 11.5 Å². The molecule has 0 fully saturated rings. The zero-order chi connectivity index (χ0) is 11.2. The first-order chi connectivity index (χ1) is 6.89. The van der Waals surface area contributed by atoms with Gasteiger partial charge in [0, 0.05) is 5.69 Å². The fraction of sp³-hybridized carbons (Fsp3) is 0.300. The molecule has 15 heavy (non-hydrogen) atoms. The van der Waals surface area contributed by atoms with Gasteiger partial charge in [-0.15, -0.1) is 9.89 Å². The van der Waals surface area contributed by atoms with Crippen molar-refractivity contribution < 1.29 is 0 Å². The van der Waals surface area contributed by atoms with Gasteiger partial charge >= 0.3 is 0 Å². The Balaban J connectivity index is 2.79. The molecular formula is C10H16N5+. The lowest BCUT2D eigenvalue weighted by Crippen LogP contribution is -2.47. The monoisotopic (exact) mass is 206 g/mol. The lowest BCUT2D eigenvalue weighted by Gasteiger charge is -2.23. The van der Waals surface area contributed by atoms with Crippen LogP contribution < -0.4 is 16.1 Å². The Bertz CT molecular complexity index is 506. The van der Waals surface area contributed by atoms with Crippen molar-refractivity contribution in [2.75, 3.05) is 32.6 Å². The molecule has 5 nitrogen and oxygen atoms in total. The van der Waals surface area contributed by atoms with Crippen LogP contribution in [0.15, 0.2) is 18.2 Å². The third kappa shape index (κ3) is 1.50. The van der Waals surface area contributed by atoms with Crippen LogP contribution in [-0.4, -0.2) is 31.0 Å². The molecule has 0 bridgehead atoms. The highest BCUT2D eigenvalue weighted by Crippen LogP contribution is 2.23. The first kappa shape index (κ1) is 9.79. The van der Waals surface area contributed by atoms with Gasteiger partial charge in [0.1, 0.15) is 5.52 Å². The number of nitrogens with two attached hydrogens (primary N) is 2. The van der Waals surface area contributed by atoms with Gasteiger partial charge in [-0.1, -0.05) is 0 Å². The molecule has 4 N–H and O–H groups in total. The van der Waals surface area contributed by atoms with Crippen LogP contribution >= 0.6 is 0 Å². The van der Waals surface area contributed by atoms with E-state index in [2.05, 4.69) is 5.10 Å². The number of rotatable bonds is 1. The Labute approximate surface area is 88.4 Å². The van der Waals surface area contributed by atoms with Gasteiger partial charge in [0.15, 0.2) is 5.82 Å². The minimum absolute atomic E-state index is 0.519. The third-order valence-corrected chi connectivity index (χ3v) is 2.28. The number of hydrogen-bond acceptors (Lipinski definition) is 3. The van der Waals surface area contributed by atoms with Gasteiger partial charge in [0.05, 0.1) is 26.5 Å². The predicted molar refractivity (Wildman–Crippen MR) is 63.9 cm³/mol. The van der Waals surface area contributed by atoms with E-state index < -0.39 is 0 Å². The molecule has 0 radical (unpaired) electrons. The highest BCUT2D eigenvalue weighted by atomic mass is 15.7. The molecule has 1 aromatic carbocycles. The number of nitrogen functional groups attached to an aromatic ring is 2. The molecule has 0 amide bonds. The minimum atomic E-state index is 0.519. The van der Waals surface area contributed by atoms with Gasteiger partial charge in [0.2, 0.25) is 0 Å². The number of nitrogens with zero attached hydrogens (tertiary/aromatic N) is 3. The first-order valence-electron chi connectivity index (χ1n) is 4.75. The van der Waals surface area contributed by atoms with Crippen molar-refractivity contribution in [1.29, 1.82) is 0 Å². The van der Waals surface area contributed by atoms with Crippen LogP contribution in [0.25, 0.3) is 10.9 Å². The number of anilines is 2. The van der Waals surface area contributed by atoms with Crippen LogP contribution in [0.1, 0.15) is 0 Å². The lowest BCUT2D eigenvalue weighted by molar-refractivity contribution is 0.237. The average Bonchev–Trinajstić information content (AvgIpc) is 2.43. The van der Waals surface area contributed by atoms with E-state index in [0.717, 1.165) is 10.9 Å². The topological polar surface area (TPSA) is 69.9 Å². The van der Waals surface area contributed by atoms with Gasteiger partial charge in [-0.3, -0.25) is 0 Å². The van der Waals surface area contributed by atoms with Crippen LogP contribution in [0, 0.1) is 0 Å². The summed E-state index contributed by atoms with van der Waals surface area (Å²) in [7, 11) is 6.09. The molecule has 0 aliphatic rings. The van der Waals surface area contributed by atoms with Crippen molar-refractivity contribution in [3.05, 3.63) is 18.2 Å². The van der Waals surface area contributed by atoms with E-state index in [4.69, 9.17) is 11.5 Å². The van der Waals surface area contributed by atoms with Crippen LogP contribution in [0.5, 0.6) is 0 Å². The van der Waals surface area contributed by atoms with E-state index in [-0.39, 0.29) is 0 Å². The highest BCUT2D eigenvalue weighted by Gasteiger charge is 2.18. The Morgan fingerprint density at radius 3 is 2.47 bits per heavy atom. The Morgan fingerprint density at radius 2 is 1.87 bits per heavy atom. The molecular weight excluding hydrogens is 190 g/mol. The summed E-state index contributed by atoms with van der Waals surface area (Å²) < 4.78 is 0.567. The molecule has 2 rings (SSSR count). The number of quaternary nitrogens is 1. The second kappa shape index (κ2) is 2.87. The van der Waals surface area contributed by atoms with E-state index in [1.165, 1.54) is 0 Å². The van der Waals surface area contributed by atoms with Gasteiger partial charge in [-0.25, -0.2) is 4.59 Å². The molecule has 80 valence electrons. The standard InChI is InChI=1S/C10H16N5/c1-15(2,3)14-9-5-4-7(11)6-8(9)10(12)13-14/h4-6H,11H2,1-3H3,(H2,12,13)/q+1. The Hall–Kier alpha value is -1.75. The minimum Gasteiger partial charge on any atom is -0.399 e. The molecule has 1 heterocycles. The zero-order valence-corrected chi connectivity index (χ0v) is 9.23. The van der Waals surface area contributed by atoms with Gasteiger partial charge in [-0.2, -0.15) is 0 Å². The molecule has 0 unspecified atom stereocenters. The molecule has 0 aliphatic heterocycles. The van der Waals surface area contributed by atoms with Crippen molar-refractivity contribution in [3.63, 3.8) is 0 Å². The molecule has 2 aromatic rings. The van der Waals surface area contributed by atoms with E-state index in [1.54, 1.807) is 0 Å². The highest BCUT2D eigenvalue weighted by molar-refractivity contribution is 5.91. The summed E-state index contributed by atoms with van der Waals surface area (Å²) in [6.07, 6.45) is 0. The smallest absolute Gasteiger partial charge is 0.158 e. The molecule has 0 saturated carbocycles. The van der Waals surface area contributed by atoms with E-state index in [1.807, 2.05) is 44.1 Å². The summed E-state index contributed by atoms with van der Waals surface area (Å²) in [5.41, 5.74) is 13.3. The second-order valence-electron chi connectivity index (χ2n) is 4.49. The summed E-state index contributed by atoms with van der Waals surface area (Å²) in [4.78, 5) is 1.87. The molecule has 5 heteroatoms. The van der Waals surface area contributed by atoms with Crippen LogP contribution in [0.3, 0.4) is 0 Å². The van der Waals surface area contributed by atoms with Crippen molar-refractivity contribution in [3.8, 4) is 0 Å². The SMILES string of the molecule is C[N+](C)(C)n1nc(N)c2cc(N)ccc21. The molecule has 0 aliphatic carbocycles. The van der Waals surface area contributed by atoms with Gasteiger partial charge < -0.3 is 11.5 Å². The maximum atomic E-state index is 5.85. The molecule has 0 saturated heterocycles. The van der Waals surface area contributed by atoms with E-state index in [0.29, 0.717) is 16.1 Å². The van der Waals surface area contributed by atoms with Crippen LogP contribution in [0.2, 0.25) is 0 Å². The maximum Gasteiger partial charge on any atom is 0.158 e. The van der Waals surface area contributed by atoms with Crippen molar-refractivity contribution in [1.82, 2.24) is 14.5 Å². The Morgan fingerprint density at radius 1 is 1.20 bits per heavy atom. The fourth-order valence-electron chi connectivity index (χ4n) is 1.60. The lowest BCUT2D eigenvalue weighted by atomic mass is 10.2.